The van der Waals surface area contributed by atoms with E-state index in [1.54, 1.807) is 14.2 Å². The summed E-state index contributed by atoms with van der Waals surface area (Å²) in [5, 5.41) is 0. The predicted molar refractivity (Wildman–Crippen MR) is 61.9 cm³/mol. The third-order valence-electron chi connectivity index (χ3n) is 2.38. The SMILES string of the molecule is COc1cc(Br)c(C2OCCO2)cc1OC. The van der Waals surface area contributed by atoms with Crippen LogP contribution in [0.5, 0.6) is 11.5 Å². The summed E-state index contributed by atoms with van der Waals surface area (Å²) in [4.78, 5) is 0. The van der Waals surface area contributed by atoms with E-state index in [4.69, 9.17) is 18.9 Å². The molecule has 1 aromatic carbocycles. The molecule has 1 heterocycles. The minimum absolute atomic E-state index is 0.325. The van der Waals surface area contributed by atoms with Crippen molar-refractivity contribution in [3.63, 3.8) is 0 Å². The van der Waals surface area contributed by atoms with Gasteiger partial charge in [-0.1, -0.05) is 15.9 Å². The molecule has 0 unspecified atom stereocenters. The van der Waals surface area contributed by atoms with Gasteiger partial charge in [0.05, 0.1) is 27.4 Å². The molecule has 0 amide bonds. The zero-order chi connectivity index (χ0) is 11.5. The quantitative estimate of drug-likeness (QED) is 0.856. The number of hydrogen-bond acceptors (Lipinski definition) is 4. The molecule has 1 aromatic rings. The first-order valence-corrected chi connectivity index (χ1v) is 5.70. The van der Waals surface area contributed by atoms with Crippen LogP contribution in [-0.2, 0) is 9.47 Å². The van der Waals surface area contributed by atoms with Crippen molar-refractivity contribution in [2.75, 3.05) is 27.4 Å². The van der Waals surface area contributed by atoms with Crippen LogP contribution in [0.3, 0.4) is 0 Å². The number of halogens is 1. The van der Waals surface area contributed by atoms with Gasteiger partial charge in [0.25, 0.3) is 0 Å². The second-order valence-electron chi connectivity index (χ2n) is 3.30. The number of benzene rings is 1. The van der Waals surface area contributed by atoms with Crippen molar-refractivity contribution in [3.05, 3.63) is 22.2 Å². The van der Waals surface area contributed by atoms with Crippen LogP contribution in [-0.4, -0.2) is 27.4 Å². The average Bonchev–Trinajstić information content (AvgIpc) is 2.82. The average molecular weight is 289 g/mol. The molecular formula is C11H13BrO4. The lowest BCUT2D eigenvalue weighted by Crippen LogP contribution is -2.01. The van der Waals surface area contributed by atoms with Crippen molar-refractivity contribution in [2.24, 2.45) is 0 Å². The van der Waals surface area contributed by atoms with Gasteiger partial charge in [-0.2, -0.15) is 0 Å². The van der Waals surface area contributed by atoms with Crippen molar-refractivity contribution < 1.29 is 18.9 Å². The first kappa shape index (κ1) is 11.7. The van der Waals surface area contributed by atoms with Crippen LogP contribution >= 0.6 is 15.9 Å². The largest absolute Gasteiger partial charge is 0.493 e. The molecule has 0 atom stereocenters. The standard InChI is InChI=1S/C11H13BrO4/c1-13-9-5-7(11-15-3-4-16-11)8(12)6-10(9)14-2/h5-6,11H,3-4H2,1-2H3. The van der Waals surface area contributed by atoms with E-state index in [0.29, 0.717) is 24.7 Å². The summed E-state index contributed by atoms with van der Waals surface area (Å²) < 4.78 is 22.2. The van der Waals surface area contributed by atoms with Crippen molar-refractivity contribution in [1.82, 2.24) is 0 Å². The summed E-state index contributed by atoms with van der Waals surface area (Å²) in [6.45, 7) is 1.23. The molecule has 1 saturated heterocycles. The van der Waals surface area contributed by atoms with E-state index in [9.17, 15) is 0 Å². The topological polar surface area (TPSA) is 36.9 Å². The molecule has 0 bridgehead atoms. The first-order valence-electron chi connectivity index (χ1n) is 4.91. The Morgan fingerprint density at radius 3 is 2.25 bits per heavy atom. The molecule has 88 valence electrons. The Morgan fingerprint density at radius 2 is 1.69 bits per heavy atom. The lowest BCUT2D eigenvalue weighted by atomic mass is 10.2. The van der Waals surface area contributed by atoms with Crippen LogP contribution in [0.25, 0.3) is 0 Å². The number of ether oxygens (including phenoxy) is 4. The summed E-state index contributed by atoms with van der Waals surface area (Å²) in [5.74, 6) is 1.34. The summed E-state index contributed by atoms with van der Waals surface area (Å²) in [6.07, 6.45) is -0.325. The molecule has 4 nitrogen and oxygen atoms in total. The molecule has 16 heavy (non-hydrogen) atoms. The number of hydrogen-bond donors (Lipinski definition) is 0. The molecular weight excluding hydrogens is 276 g/mol. The molecule has 1 aliphatic rings. The van der Waals surface area contributed by atoms with E-state index in [0.717, 1.165) is 10.0 Å². The Bertz CT molecular complexity index is 374. The molecule has 1 aliphatic heterocycles. The fourth-order valence-electron chi connectivity index (χ4n) is 1.59. The smallest absolute Gasteiger partial charge is 0.185 e. The van der Waals surface area contributed by atoms with E-state index in [1.165, 1.54) is 0 Å². The highest BCUT2D eigenvalue weighted by Crippen LogP contribution is 2.38. The van der Waals surface area contributed by atoms with Crippen LogP contribution in [0.1, 0.15) is 11.9 Å². The van der Waals surface area contributed by atoms with Gasteiger partial charge in [0, 0.05) is 10.0 Å². The Morgan fingerprint density at radius 1 is 1.12 bits per heavy atom. The zero-order valence-corrected chi connectivity index (χ0v) is 10.7. The third kappa shape index (κ3) is 2.16. The molecule has 0 spiro atoms. The molecule has 0 aromatic heterocycles. The van der Waals surface area contributed by atoms with Crippen molar-refractivity contribution in [1.29, 1.82) is 0 Å². The number of methoxy groups -OCH3 is 2. The normalized spacial score (nSPS) is 16.4. The highest BCUT2D eigenvalue weighted by molar-refractivity contribution is 9.10. The van der Waals surface area contributed by atoms with E-state index in [2.05, 4.69) is 15.9 Å². The molecule has 5 heteroatoms. The van der Waals surface area contributed by atoms with Gasteiger partial charge >= 0.3 is 0 Å². The van der Waals surface area contributed by atoms with Crippen LogP contribution in [0.2, 0.25) is 0 Å². The maximum Gasteiger partial charge on any atom is 0.185 e. The fourth-order valence-corrected chi connectivity index (χ4v) is 2.10. The Balaban J connectivity index is 2.37. The Kier molecular flexibility index (Phi) is 3.68. The van der Waals surface area contributed by atoms with Gasteiger partial charge in [-0.15, -0.1) is 0 Å². The molecule has 0 N–H and O–H groups in total. The van der Waals surface area contributed by atoms with Gasteiger partial charge in [-0.25, -0.2) is 0 Å². The van der Waals surface area contributed by atoms with Gasteiger partial charge in [-0.3, -0.25) is 0 Å². The van der Waals surface area contributed by atoms with Crippen LogP contribution < -0.4 is 9.47 Å². The lowest BCUT2D eigenvalue weighted by Gasteiger charge is -2.15. The van der Waals surface area contributed by atoms with Crippen LogP contribution in [0.15, 0.2) is 16.6 Å². The van der Waals surface area contributed by atoms with E-state index in [1.807, 2.05) is 12.1 Å². The van der Waals surface area contributed by atoms with Gasteiger partial charge in [0.15, 0.2) is 17.8 Å². The fraction of sp³-hybridized carbons (Fsp3) is 0.455. The molecule has 0 aliphatic carbocycles. The maximum atomic E-state index is 5.44. The highest BCUT2D eigenvalue weighted by atomic mass is 79.9. The first-order chi connectivity index (χ1) is 7.76. The molecule has 1 fully saturated rings. The predicted octanol–water partition coefficient (Wildman–Crippen LogP) is 2.51. The summed E-state index contributed by atoms with van der Waals surface area (Å²) in [6, 6.07) is 3.71. The van der Waals surface area contributed by atoms with Gasteiger partial charge in [-0.05, 0) is 12.1 Å². The second kappa shape index (κ2) is 5.03. The van der Waals surface area contributed by atoms with E-state index >= 15 is 0 Å². The van der Waals surface area contributed by atoms with Gasteiger partial charge in [0.1, 0.15) is 0 Å². The van der Waals surface area contributed by atoms with Crippen molar-refractivity contribution in [2.45, 2.75) is 6.29 Å². The monoisotopic (exact) mass is 288 g/mol. The van der Waals surface area contributed by atoms with E-state index in [-0.39, 0.29) is 6.29 Å². The summed E-state index contributed by atoms with van der Waals surface area (Å²) in [7, 11) is 3.21. The molecule has 0 radical (unpaired) electrons. The summed E-state index contributed by atoms with van der Waals surface area (Å²) >= 11 is 3.47. The molecule has 0 saturated carbocycles. The van der Waals surface area contributed by atoms with Gasteiger partial charge < -0.3 is 18.9 Å². The van der Waals surface area contributed by atoms with Crippen molar-refractivity contribution >= 4 is 15.9 Å². The number of rotatable bonds is 3. The maximum absolute atomic E-state index is 5.44. The molecule has 2 rings (SSSR count). The van der Waals surface area contributed by atoms with Gasteiger partial charge in [0.2, 0.25) is 0 Å². The Hall–Kier alpha value is -0.780. The third-order valence-corrected chi connectivity index (χ3v) is 3.07. The lowest BCUT2D eigenvalue weighted by molar-refractivity contribution is -0.0447. The zero-order valence-electron chi connectivity index (χ0n) is 9.16. The highest BCUT2D eigenvalue weighted by Gasteiger charge is 2.22. The van der Waals surface area contributed by atoms with Crippen LogP contribution in [0.4, 0.5) is 0 Å². The minimum atomic E-state index is -0.325. The van der Waals surface area contributed by atoms with Crippen molar-refractivity contribution in [3.8, 4) is 11.5 Å². The second-order valence-corrected chi connectivity index (χ2v) is 4.16. The summed E-state index contributed by atoms with van der Waals surface area (Å²) in [5.41, 5.74) is 0.912. The Labute approximate surface area is 103 Å². The van der Waals surface area contributed by atoms with Crippen LogP contribution in [0, 0.1) is 0 Å². The minimum Gasteiger partial charge on any atom is -0.493 e. The van der Waals surface area contributed by atoms with E-state index < -0.39 is 0 Å².